The molecule has 0 amide bonds. The molecule has 0 fully saturated rings. The SMILES string of the molecule is CCCn1cc[n+](C)c1.C[n+]1ccn(Cc2ccc3ccccc3c2)c1.[Br-].[Cl-]. The van der Waals surface area contributed by atoms with Gasteiger partial charge in [-0.1, -0.05) is 43.3 Å². The quantitative estimate of drug-likeness (QED) is 0.292. The first-order valence-corrected chi connectivity index (χ1v) is 9.14. The molecule has 0 radical (unpaired) electrons. The maximum Gasteiger partial charge on any atom is 0.243 e. The van der Waals surface area contributed by atoms with Crippen LogP contribution in [0.3, 0.4) is 0 Å². The van der Waals surface area contributed by atoms with Crippen LogP contribution in [0.25, 0.3) is 10.8 Å². The minimum absolute atomic E-state index is 0. The molecule has 0 unspecified atom stereocenters. The molecule has 2 aromatic heterocycles. The number of fused-ring (bicyclic) bond motifs is 1. The van der Waals surface area contributed by atoms with Gasteiger partial charge >= 0.3 is 0 Å². The van der Waals surface area contributed by atoms with Gasteiger partial charge in [0.05, 0.1) is 20.6 Å². The van der Waals surface area contributed by atoms with Crippen molar-refractivity contribution in [2.24, 2.45) is 14.1 Å². The van der Waals surface area contributed by atoms with E-state index in [9.17, 15) is 0 Å². The molecule has 0 saturated heterocycles. The lowest BCUT2D eigenvalue weighted by Gasteiger charge is -2.01. The van der Waals surface area contributed by atoms with Gasteiger partial charge in [-0.2, -0.15) is 0 Å². The number of imidazole rings is 2. The van der Waals surface area contributed by atoms with Crippen molar-refractivity contribution in [3.05, 3.63) is 85.5 Å². The Morgan fingerprint density at radius 3 is 2.00 bits per heavy atom. The standard InChI is InChI=1S/C15H15N2.C7H13N2.BrH.ClH/c1-16-8-9-17(12-16)11-13-6-7-14-4-2-3-5-15(14)10-13;1-3-4-9-6-5-8(2)7-9;;/h2-10,12H,11H2,1H3;5-7H,3-4H2,1-2H3;2*1H/q2*+1;;/p-2. The second kappa shape index (κ2) is 11.7. The average Bonchev–Trinajstić information content (AvgIpc) is 3.24. The molecule has 6 heteroatoms. The normalized spacial score (nSPS) is 9.82. The first-order valence-electron chi connectivity index (χ1n) is 9.14. The van der Waals surface area contributed by atoms with Crippen LogP contribution in [0, 0.1) is 0 Å². The van der Waals surface area contributed by atoms with Gasteiger partial charge in [0.25, 0.3) is 0 Å². The molecule has 4 nitrogen and oxygen atoms in total. The number of benzene rings is 2. The summed E-state index contributed by atoms with van der Waals surface area (Å²) < 4.78 is 8.47. The molecule has 0 aliphatic rings. The molecule has 0 aliphatic carbocycles. The van der Waals surface area contributed by atoms with Crippen LogP contribution in [0.5, 0.6) is 0 Å². The molecule has 4 rings (SSSR count). The largest absolute Gasteiger partial charge is 1.00 e. The highest BCUT2D eigenvalue weighted by molar-refractivity contribution is 5.82. The maximum absolute atomic E-state index is 2.26. The molecular weight excluding hydrogens is 436 g/mol. The summed E-state index contributed by atoms with van der Waals surface area (Å²) >= 11 is 0. The average molecular weight is 464 g/mol. The molecule has 0 atom stereocenters. The summed E-state index contributed by atoms with van der Waals surface area (Å²) in [6.07, 6.45) is 13.7. The molecule has 28 heavy (non-hydrogen) atoms. The lowest BCUT2D eigenvalue weighted by Crippen LogP contribution is -3.00. The summed E-state index contributed by atoms with van der Waals surface area (Å²) in [5.41, 5.74) is 1.33. The van der Waals surface area contributed by atoms with Gasteiger partial charge in [-0.3, -0.25) is 0 Å². The fourth-order valence-corrected chi connectivity index (χ4v) is 3.04. The molecule has 150 valence electrons. The highest BCUT2D eigenvalue weighted by Gasteiger charge is 2.02. The highest BCUT2D eigenvalue weighted by Crippen LogP contribution is 2.16. The van der Waals surface area contributed by atoms with E-state index in [2.05, 4.69) is 105 Å². The van der Waals surface area contributed by atoms with Gasteiger partial charge in [-0.05, 0) is 28.8 Å². The molecular formula is C22H28BrClN4. The Hall–Kier alpha value is -2.11. The Morgan fingerprint density at radius 1 is 0.821 bits per heavy atom. The van der Waals surface area contributed by atoms with E-state index in [-0.39, 0.29) is 29.4 Å². The second-order valence-electron chi connectivity index (χ2n) is 6.75. The van der Waals surface area contributed by atoms with E-state index in [1.165, 1.54) is 22.8 Å². The first-order chi connectivity index (χ1) is 12.6. The predicted octanol–water partition coefficient (Wildman–Crippen LogP) is -2.76. The van der Waals surface area contributed by atoms with E-state index in [0.717, 1.165) is 13.1 Å². The zero-order valence-corrected chi connectivity index (χ0v) is 19.0. The molecule has 2 heterocycles. The molecule has 0 spiro atoms. The summed E-state index contributed by atoms with van der Waals surface area (Å²) in [6, 6.07) is 15.1. The molecule has 4 aromatic rings. The minimum Gasteiger partial charge on any atom is -1.00 e. The minimum atomic E-state index is 0. The van der Waals surface area contributed by atoms with Crippen LogP contribution >= 0.6 is 0 Å². The van der Waals surface area contributed by atoms with E-state index in [1.807, 2.05) is 14.1 Å². The zero-order chi connectivity index (χ0) is 18.4. The summed E-state index contributed by atoms with van der Waals surface area (Å²) in [5, 5.41) is 2.61. The predicted molar refractivity (Wildman–Crippen MR) is 105 cm³/mol. The van der Waals surface area contributed by atoms with Gasteiger partial charge in [0.15, 0.2) is 0 Å². The second-order valence-corrected chi connectivity index (χ2v) is 6.75. The van der Waals surface area contributed by atoms with Crippen LogP contribution in [-0.2, 0) is 27.2 Å². The monoisotopic (exact) mass is 462 g/mol. The Morgan fingerprint density at radius 2 is 1.43 bits per heavy atom. The smallest absolute Gasteiger partial charge is 0.243 e. The zero-order valence-electron chi connectivity index (χ0n) is 16.7. The van der Waals surface area contributed by atoms with E-state index in [1.54, 1.807) is 0 Å². The molecule has 0 bridgehead atoms. The van der Waals surface area contributed by atoms with Crippen molar-refractivity contribution in [3.8, 4) is 0 Å². The summed E-state index contributed by atoms with van der Waals surface area (Å²) in [4.78, 5) is 0. The van der Waals surface area contributed by atoms with E-state index in [4.69, 9.17) is 0 Å². The fourth-order valence-electron chi connectivity index (χ4n) is 3.04. The number of aryl methyl sites for hydroxylation is 3. The van der Waals surface area contributed by atoms with Crippen molar-refractivity contribution in [1.82, 2.24) is 9.13 Å². The van der Waals surface area contributed by atoms with Crippen LogP contribution in [-0.4, -0.2) is 9.13 Å². The van der Waals surface area contributed by atoms with Crippen molar-refractivity contribution in [3.63, 3.8) is 0 Å². The van der Waals surface area contributed by atoms with Crippen molar-refractivity contribution < 1.29 is 38.5 Å². The molecule has 2 aromatic carbocycles. The third-order valence-electron chi connectivity index (χ3n) is 4.31. The number of hydrogen-bond acceptors (Lipinski definition) is 0. The third kappa shape index (κ3) is 6.80. The Bertz CT molecular complexity index is 977. The summed E-state index contributed by atoms with van der Waals surface area (Å²) in [6.45, 7) is 4.23. The number of rotatable bonds is 4. The van der Waals surface area contributed by atoms with Gasteiger partial charge in [-0.25, -0.2) is 18.3 Å². The fraction of sp³-hybridized carbons (Fsp3) is 0.273. The van der Waals surface area contributed by atoms with Crippen LogP contribution in [0.15, 0.2) is 79.9 Å². The van der Waals surface area contributed by atoms with Crippen molar-refractivity contribution in [1.29, 1.82) is 0 Å². The van der Waals surface area contributed by atoms with E-state index >= 15 is 0 Å². The van der Waals surface area contributed by atoms with E-state index in [0.29, 0.717) is 0 Å². The number of halogens is 2. The van der Waals surface area contributed by atoms with Gasteiger partial charge in [-0.15, -0.1) is 0 Å². The Kier molecular flexibility index (Phi) is 9.97. The van der Waals surface area contributed by atoms with Gasteiger partial charge in [0, 0.05) is 0 Å². The van der Waals surface area contributed by atoms with Crippen LogP contribution in [0.2, 0.25) is 0 Å². The highest BCUT2D eigenvalue weighted by atomic mass is 79.9. The first kappa shape index (κ1) is 23.9. The molecule has 0 saturated carbocycles. The van der Waals surface area contributed by atoms with Crippen LogP contribution < -0.4 is 38.5 Å². The molecule has 0 N–H and O–H groups in total. The van der Waals surface area contributed by atoms with Crippen molar-refractivity contribution in [2.45, 2.75) is 26.4 Å². The third-order valence-corrected chi connectivity index (χ3v) is 4.31. The lowest BCUT2D eigenvalue weighted by atomic mass is 10.1. The summed E-state index contributed by atoms with van der Waals surface area (Å²) in [7, 11) is 4.07. The number of nitrogens with zero attached hydrogens (tertiary/aromatic N) is 4. The van der Waals surface area contributed by atoms with Crippen molar-refractivity contribution >= 4 is 10.8 Å². The van der Waals surface area contributed by atoms with Gasteiger partial charge in [0.1, 0.15) is 31.3 Å². The summed E-state index contributed by atoms with van der Waals surface area (Å²) in [5.74, 6) is 0. The lowest BCUT2D eigenvalue weighted by molar-refractivity contribution is -0.671. The molecule has 0 aliphatic heterocycles. The Labute approximate surface area is 184 Å². The number of hydrogen-bond donors (Lipinski definition) is 0. The maximum atomic E-state index is 2.26. The van der Waals surface area contributed by atoms with Gasteiger partial charge < -0.3 is 29.4 Å². The van der Waals surface area contributed by atoms with Crippen LogP contribution in [0.1, 0.15) is 18.9 Å². The van der Waals surface area contributed by atoms with Crippen molar-refractivity contribution in [2.75, 3.05) is 0 Å². The van der Waals surface area contributed by atoms with Gasteiger partial charge in [0.2, 0.25) is 12.7 Å². The number of aromatic nitrogens is 4. The Balaban J connectivity index is 0.000000308. The van der Waals surface area contributed by atoms with E-state index < -0.39 is 0 Å². The topological polar surface area (TPSA) is 17.6 Å². The van der Waals surface area contributed by atoms with Crippen LogP contribution in [0.4, 0.5) is 0 Å².